The van der Waals surface area contributed by atoms with Gasteiger partial charge in [-0.05, 0) is 46.4 Å². The van der Waals surface area contributed by atoms with E-state index in [-0.39, 0.29) is 25.2 Å². The lowest BCUT2D eigenvalue weighted by atomic mass is 9.92. The highest BCUT2D eigenvalue weighted by atomic mass is 19.1. The second kappa shape index (κ2) is 16.4. The molecule has 5 aromatic carbocycles. The van der Waals surface area contributed by atoms with Crippen LogP contribution in [0.15, 0.2) is 140 Å². The van der Waals surface area contributed by atoms with Crippen molar-refractivity contribution in [2.24, 2.45) is 0 Å². The van der Waals surface area contributed by atoms with Gasteiger partial charge in [0.25, 0.3) is 0 Å². The first kappa shape index (κ1) is 33.2. The molecule has 5 aromatic rings. The molecule has 7 heteroatoms. The van der Waals surface area contributed by atoms with Gasteiger partial charge < -0.3 is 14.4 Å². The van der Waals surface area contributed by atoms with Gasteiger partial charge >= 0.3 is 0 Å². The zero-order valence-electron chi connectivity index (χ0n) is 26.8. The van der Waals surface area contributed by atoms with E-state index in [2.05, 4.69) is 29.2 Å². The summed E-state index contributed by atoms with van der Waals surface area (Å²) in [6.07, 6.45) is -0.311. The summed E-state index contributed by atoms with van der Waals surface area (Å²) < 4.78 is 42.5. The minimum Gasteiger partial charge on any atom is -0.369 e. The number of carbonyl (C=O) groups is 1. The molecule has 1 amide bonds. The van der Waals surface area contributed by atoms with Crippen LogP contribution in [0.3, 0.4) is 0 Å². The zero-order chi connectivity index (χ0) is 33.1. The molecule has 0 N–H and O–H groups in total. The Kier molecular flexibility index (Phi) is 11.4. The molecule has 1 aliphatic rings. The fourth-order valence-electron chi connectivity index (χ4n) is 6.45. The van der Waals surface area contributed by atoms with E-state index in [1.165, 1.54) is 12.1 Å². The number of morpholine rings is 1. The molecular weight excluding hydrogens is 606 g/mol. The molecule has 1 fully saturated rings. The van der Waals surface area contributed by atoms with Gasteiger partial charge in [-0.3, -0.25) is 9.69 Å². The molecule has 1 aliphatic heterocycles. The molecule has 3 atom stereocenters. The Balaban J connectivity index is 1.44. The Labute approximate surface area is 281 Å². The number of carbonyl (C=O) groups excluding carboxylic acids is 1. The lowest BCUT2D eigenvalue weighted by molar-refractivity contribution is -0.151. The van der Waals surface area contributed by atoms with E-state index in [0.29, 0.717) is 38.2 Å². The number of ether oxygens (including phenoxy) is 2. The Morgan fingerprint density at radius 2 is 1.21 bits per heavy atom. The van der Waals surface area contributed by atoms with E-state index in [0.717, 1.165) is 28.3 Å². The second-order valence-corrected chi connectivity index (χ2v) is 12.3. The smallest absolute Gasteiger partial charge is 0.249 e. The molecule has 0 radical (unpaired) electrons. The highest BCUT2D eigenvalue weighted by Crippen LogP contribution is 2.34. The summed E-state index contributed by atoms with van der Waals surface area (Å²) in [7, 11) is 0. The van der Waals surface area contributed by atoms with E-state index in [1.54, 1.807) is 0 Å². The van der Waals surface area contributed by atoms with Crippen LogP contribution in [0, 0.1) is 11.6 Å². The molecular formula is C41H40F2N2O3. The number of hydrogen-bond donors (Lipinski definition) is 0. The number of benzene rings is 5. The van der Waals surface area contributed by atoms with Crippen LogP contribution >= 0.6 is 0 Å². The Morgan fingerprint density at radius 1 is 0.708 bits per heavy atom. The van der Waals surface area contributed by atoms with Gasteiger partial charge in [0.15, 0.2) is 0 Å². The van der Waals surface area contributed by atoms with Crippen LogP contribution in [-0.2, 0) is 40.5 Å². The van der Waals surface area contributed by atoms with Crippen molar-refractivity contribution < 1.29 is 23.0 Å². The lowest BCUT2D eigenvalue weighted by Crippen LogP contribution is -2.53. The van der Waals surface area contributed by atoms with E-state index in [1.807, 2.05) is 102 Å². The maximum atomic E-state index is 14.9. The maximum Gasteiger partial charge on any atom is 0.249 e. The van der Waals surface area contributed by atoms with Crippen molar-refractivity contribution in [3.8, 4) is 0 Å². The van der Waals surface area contributed by atoms with Gasteiger partial charge in [0, 0.05) is 31.7 Å². The molecule has 246 valence electrons. The van der Waals surface area contributed by atoms with Crippen LogP contribution < -0.4 is 0 Å². The number of rotatable bonds is 14. The van der Waals surface area contributed by atoms with Gasteiger partial charge in [-0.2, -0.15) is 0 Å². The van der Waals surface area contributed by atoms with Crippen molar-refractivity contribution in [3.63, 3.8) is 0 Å². The average molecular weight is 647 g/mol. The van der Waals surface area contributed by atoms with Gasteiger partial charge in [-0.1, -0.05) is 121 Å². The van der Waals surface area contributed by atoms with Crippen LogP contribution in [0.5, 0.6) is 0 Å². The summed E-state index contributed by atoms with van der Waals surface area (Å²) in [4.78, 5) is 17.6. The van der Waals surface area contributed by atoms with Crippen molar-refractivity contribution in [3.05, 3.63) is 179 Å². The van der Waals surface area contributed by atoms with Crippen molar-refractivity contribution >= 4 is 5.91 Å². The number of hydrogen-bond acceptors (Lipinski definition) is 4. The van der Waals surface area contributed by atoms with E-state index >= 15 is 0 Å². The molecule has 1 heterocycles. The van der Waals surface area contributed by atoms with Gasteiger partial charge in [0.05, 0.1) is 25.4 Å². The number of halogens is 2. The topological polar surface area (TPSA) is 42.0 Å². The standard InChI is InChI=1S/C41H40F2N2O3/c42-36-21-35(22-37(43)23-36)41(48-28-34-19-11-4-12-20-34)39(24-38-29-47-30-40(46)45(38)27-33-17-9-3-10-18-33)44(25-31-13-5-1-6-14-31)26-32-15-7-2-8-16-32/h1-23,38-39,41H,24-30H2/t38?,39-,41+/m0/s1. The minimum atomic E-state index is -0.751. The Bertz CT molecular complexity index is 1660. The van der Waals surface area contributed by atoms with Crippen LogP contribution in [-0.4, -0.2) is 41.0 Å². The molecule has 0 bridgehead atoms. The van der Waals surface area contributed by atoms with Gasteiger partial charge in [-0.25, -0.2) is 8.78 Å². The molecule has 0 spiro atoms. The first-order valence-electron chi connectivity index (χ1n) is 16.4. The fraction of sp³-hybridized carbons (Fsp3) is 0.244. The Hall–Kier alpha value is -4.69. The number of amides is 1. The lowest BCUT2D eigenvalue weighted by Gasteiger charge is -2.43. The minimum absolute atomic E-state index is 0.00872. The van der Waals surface area contributed by atoms with Crippen molar-refractivity contribution in [2.75, 3.05) is 13.2 Å². The number of nitrogens with zero attached hydrogens (tertiary/aromatic N) is 2. The molecule has 1 unspecified atom stereocenters. The summed E-state index contributed by atoms with van der Waals surface area (Å²) in [6.45, 7) is 2.10. The van der Waals surface area contributed by atoms with Crippen LogP contribution in [0.2, 0.25) is 0 Å². The van der Waals surface area contributed by atoms with E-state index in [9.17, 15) is 13.6 Å². The zero-order valence-corrected chi connectivity index (χ0v) is 26.8. The highest BCUT2D eigenvalue weighted by Gasteiger charge is 2.37. The van der Waals surface area contributed by atoms with E-state index in [4.69, 9.17) is 9.47 Å². The van der Waals surface area contributed by atoms with Crippen molar-refractivity contribution in [1.82, 2.24) is 9.80 Å². The predicted molar refractivity (Wildman–Crippen MR) is 182 cm³/mol. The van der Waals surface area contributed by atoms with Gasteiger partial charge in [0.2, 0.25) is 5.91 Å². The third kappa shape index (κ3) is 9.01. The van der Waals surface area contributed by atoms with Gasteiger partial charge in [0.1, 0.15) is 18.2 Å². The molecule has 48 heavy (non-hydrogen) atoms. The SMILES string of the molecule is O=C1COCC(C[C@@H]([C@H](OCc2ccccc2)c2cc(F)cc(F)c2)N(Cc2ccccc2)Cc2ccccc2)N1Cc1ccccc1. The Morgan fingerprint density at radius 3 is 1.75 bits per heavy atom. The molecule has 0 aliphatic carbocycles. The van der Waals surface area contributed by atoms with Crippen molar-refractivity contribution in [1.29, 1.82) is 0 Å². The fourth-order valence-corrected chi connectivity index (χ4v) is 6.45. The summed E-state index contributed by atoms with van der Waals surface area (Å²) in [5.74, 6) is -1.43. The monoisotopic (exact) mass is 646 g/mol. The average Bonchev–Trinajstić information content (AvgIpc) is 3.10. The molecule has 5 nitrogen and oxygen atoms in total. The predicted octanol–water partition coefficient (Wildman–Crippen LogP) is 8.11. The quantitative estimate of drug-likeness (QED) is 0.122. The highest BCUT2D eigenvalue weighted by molar-refractivity contribution is 5.78. The van der Waals surface area contributed by atoms with Crippen LogP contribution in [0.25, 0.3) is 0 Å². The van der Waals surface area contributed by atoms with Crippen molar-refractivity contribution in [2.45, 2.75) is 50.8 Å². The third-order valence-electron chi connectivity index (χ3n) is 8.77. The van der Waals surface area contributed by atoms with Crippen LogP contribution in [0.1, 0.15) is 40.3 Å². The molecule has 0 aromatic heterocycles. The normalized spacial score (nSPS) is 16.2. The summed E-state index contributed by atoms with van der Waals surface area (Å²) >= 11 is 0. The largest absolute Gasteiger partial charge is 0.369 e. The van der Waals surface area contributed by atoms with Gasteiger partial charge in [-0.15, -0.1) is 0 Å². The second-order valence-electron chi connectivity index (χ2n) is 12.3. The third-order valence-corrected chi connectivity index (χ3v) is 8.77. The van der Waals surface area contributed by atoms with Crippen LogP contribution in [0.4, 0.5) is 8.78 Å². The summed E-state index contributed by atoms with van der Waals surface area (Å²) in [5, 5.41) is 0. The summed E-state index contributed by atoms with van der Waals surface area (Å²) in [6, 6.07) is 42.8. The van der Waals surface area contributed by atoms with E-state index < -0.39 is 23.8 Å². The summed E-state index contributed by atoms with van der Waals surface area (Å²) in [5.41, 5.74) is 4.53. The molecule has 0 saturated carbocycles. The molecule has 6 rings (SSSR count). The first-order chi connectivity index (χ1) is 23.5. The first-order valence-corrected chi connectivity index (χ1v) is 16.4. The maximum absolute atomic E-state index is 14.9. The molecule has 1 saturated heterocycles.